The molecule has 1 unspecified atom stereocenters. The van der Waals surface area contributed by atoms with E-state index in [9.17, 15) is 4.79 Å². The summed E-state index contributed by atoms with van der Waals surface area (Å²) in [5.74, 6) is -0.529. The molecule has 1 rings (SSSR count). The predicted molar refractivity (Wildman–Crippen MR) is 45.4 cm³/mol. The largest absolute Gasteiger partial charge is 0.495 e. The van der Waals surface area contributed by atoms with Gasteiger partial charge in [0, 0.05) is 0 Å². The average Bonchev–Trinajstić information content (AvgIpc) is 2.17. The number of ether oxygens (including phenoxy) is 1. The number of rotatable bonds is 3. The van der Waals surface area contributed by atoms with Crippen LogP contribution in [0.25, 0.3) is 0 Å². The zero-order valence-electron chi connectivity index (χ0n) is 7.10. The van der Waals surface area contributed by atoms with Crippen LogP contribution in [0.3, 0.4) is 0 Å². The van der Waals surface area contributed by atoms with Gasteiger partial charge in [-0.15, -0.1) is 0 Å². The fraction of sp³-hybridized carbons (Fsp3) is 0.250. The van der Waals surface area contributed by atoms with E-state index < -0.39 is 12.0 Å². The lowest BCUT2D eigenvalue weighted by molar-refractivity contribution is -0.138. The van der Waals surface area contributed by atoms with Crippen molar-refractivity contribution < 1.29 is 14.6 Å². The summed E-state index contributed by atoms with van der Waals surface area (Å²) in [6.07, 6.45) is 1.43. The summed E-state index contributed by atoms with van der Waals surface area (Å²) in [5, 5.41) is 8.57. The average molecular weight is 182 g/mol. The third-order valence-corrected chi connectivity index (χ3v) is 1.58. The van der Waals surface area contributed by atoms with Crippen LogP contribution in [-0.2, 0) is 4.79 Å². The summed E-state index contributed by atoms with van der Waals surface area (Å²) in [4.78, 5) is 14.3. The van der Waals surface area contributed by atoms with Crippen LogP contribution in [-0.4, -0.2) is 23.2 Å². The Bertz CT molecular complexity index is 297. The molecule has 0 aromatic carbocycles. The number of carboxylic acids is 1. The summed E-state index contributed by atoms with van der Waals surface area (Å²) < 4.78 is 4.86. The lowest BCUT2D eigenvalue weighted by Crippen LogP contribution is -2.21. The number of pyridine rings is 1. The molecule has 5 nitrogen and oxygen atoms in total. The Morgan fingerprint density at radius 1 is 1.69 bits per heavy atom. The number of hydrogen-bond acceptors (Lipinski definition) is 4. The van der Waals surface area contributed by atoms with E-state index in [1.165, 1.54) is 19.4 Å². The van der Waals surface area contributed by atoms with Crippen molar-refractivity contribution in [1.82, 2.24) is 4.98 Å². The summed E-state index contributed by atoms with van der Waals surface area (Å²) in [5.41, 5.74) is 5.64. The minimum Gasteiger partial charge on any atom is -0.495 e. The zero-order chi connectivity index (χ0) is 9.84. The highest BCUT2D eigenvalue weighted by molar-refractivity contribution is 5.74. The van der Waals surface area contributed by atoms with Crippen molar-refractivity contribution >= 4 is 5.97 Å². The maximum atomic E-state index is 10.5. The smallest absolute Gasteiger partial charge is 0.326 e. The molecule has 0 aliphatic rings. The fourth-order valence-electron chi connectivity index (χ4n) is 0.823. The van der Waals surface area contributed by atoms with E-state index in [-0.39, 0.29) is 0 Å². The van der Waals surface area contributed by atoms with Crippen LogP contribution in [0.1, 0.15) is 11.7 Å². The Hall–Kier alpha value is -1.62. The zero-order valence-corrected chi connectivity index (χ0v) is 7.10. The Morgan fingerprint density at radius 3 is 2.77 bits per heavy atom. The van der Waals surface area contributed by atoms with Gasteiger partial charge >= 0.3 is 5.97 Å². The molecule has 0 aliphatic heterocycles. The molecule has 3 N–H and O–H groups in total. The maximum absolute atomic E-state index is 10.5. The molecular formula is C8H10N2O3. The van der Waals surface area contributed by atoms with E-state index in [4.69, 9.17) is 15.6 Å². The van der Waals surface area contributed by atoms with Gasteiger partial charge in [-0.25, -0.2) is 0 Å². The SMILES string of the molecule is COc1ccc(C(N)C(=O)O)nc1. The molecule has 0 spiro atoms. The van der Waals surface area contributed by atoms with Crippen molar-refractivity contribution in [2.24, 2.45) is 5.73 Å². The molecule has 13 heavy (non-hydrogen) atoms. The second-order valence-corrected chi connectivity index (χ2v) is 2.44. The third-order valence-electron chi connectivity index (χ3n) is 1.58. The molecule has 1 atom stereocenters. The first kappa shape index (κ1) is 9.47. The minimum absolute atomic E-state index is 0.313. The second-order valence-electron chi connectivity index (χ2n) is 2.44. The van der Waals surface area contributed by atoms with Crippen molar-refractivity contribution in [1.29, 1.82) is 0 Å². The predicted octanol–water partition coefficient (Wildman–Crippen LogP) is 0.175. The molecule has 1 aromatic rings. The van der Waals surface area contributed by atoms with Crippen LogP contribution in [0.5, 0.6) is 5.75 Å². The molecule has 5 heteroatoms. The van der Waals surface area contributed by atoms with E-state index in [1.54, 1.807) is 6.07 Å². The Kier molecular flexibility index (Phi) is 2.81. The van der Waals surface area contributed by atoms with Crippen molar-refractivity contribution in [3.63, 3.8) is 0 Å². The van der Waals surface area contributed by atoms with Gasteiger partial charge in [-0.05, 0) is 12.1 Å². The van der Waals surface area contributed by atoms with Gasteiger partial charge in [-0.1, -0.05) is 0 Å². The molecule has 0 amide bonds. The lowest BCUT2D eigenvalue weighted by Gasteiger charge is -2.05. The molecule has 1 aromatic heterocycles. The molecular weight excluding hydrogens is 172 g/mol. The normalized spacial score (nSPS) is 12.2. The number of carbonyl (C=O) groups is 1. The number of hydrogen-bond donors (Lipinski definition) is 2. The number of methoxy groups -OCH3 is 1. The summed E-state index contributed by atoms with van der Waals surface area (Å²) in [6.45, 7) is 0. The first-order chi connectivity index (χ1) is 6.15. The Labute approximate surface area is 75.2 Å². The molecule has 1 heterocycles. The van der Waals surface area contributed by atoms with Gasteiger partial charge in [-0.3, -0.25) is 9.78 Å². The van der Waals surface area contributed by atoms with Crippen LogP contribution in [0.2, 0.25) is 0 Å². The van der Waals surface area contributed by atoms with Gasteiger partial charge in [0.25, 0.3) is 0 Å². The molecule has 70 valence electrons. The molecule has 0 radical (unpaired) electrons. The molecule has 0 saturated heterocycles. The second kappa shape index (κ2) is 3.86. The van der Waals surface area contributed by atoms with Gasteiger partial charge in [0.05, 0.1) is 19.0 Å². The quantitative estimate of drug-likeness (QED) is 0.696. The minimum atomic E-state index is -1.10. The van der Waals surface area contributed by atoms with Crippen LogP contribution >= 0.6 is 0 Å². The van der Waals surface area contributed by atoms with Gasteiger partial charge in [0.1, 0.15) is 11.8 Å². The molecule has 0 saturated carbocycles. The van der Waals surface area contributed by atoms with Gasteiger partial charge in [0.15, 0.2) is 0 Å². The van der Waals surface area contributed by atoms with Crippen molar-refractivity contribution in [2.45, 2.75) is 6.04 Å². The van der Waals surface area contributed by atoms with Crippen LogP contribution in [0.4, 0.5) is 0 Å². The highest BCUT2D eigenvalue weighted by Gasteiger charge is 2.14. The van der Waals surface area contributed by atoms with Crippen molar-refractivity contribution in [2.75, 3.05) is 7.11 Å². The third kappa shape index (κ3) is 2.16. The standard InChI is InChI=1S/C8H10N2O3/c1-13-5-2-3-6(10-4-5)7(9)8(11)12/h2-4,7H,9H2,1H3,(H,11,12). The molecule has 0 bridgehead atoms. The molecule has 0 aliphatic carbocycles. The number of carboxylic acid groups (broad SMARTS) is 1. The number of nitrogens with two attached hydrogens (primary N) is 1. The van der Waals surface area contributed by atoms with Crippen molar-refractivity contribution in [3.05, 3.63) is 24.0 Å². The van der Waals surface area contributed by atoms with E-state index in [1.807, 2.05) is 0 Å². The lowest BCUT2D eigenvalue weighted by atomic mass is 10.2. The Morgan fingerprint density at radius 2 is 2.38 bits per heavy atom. The van der Waals surface area contributed by atoms with Crippen LogP contribution in [0, 0.1) is 0 Å². The van der Waals surface area contributed by atoms with E-state index >= 15 is 0 Å². The van der Waals surface area contributed by atoms with Crippen molar-refractivity contribution in [3.8, 4) is 5.75 Å². The van der Waals surface area contributed by atoms with Gasteiger partial charge in [0.2, 0.25) is 0 Å². The van der Waals surface area contributed by atoms with Crippen LogP contribution in [0.15, 0.2) is 18.3 Å². The monoisotopic (exact) mass is 182 g/mol. The van der Waals surface area contributed by atoms with E-state index in [0.29, 0.717) is 11.4 Å². The van der Waals surface area contributed by atoms with Gasteiger partial charge in [-0.2, -0.15) is 0 Å². The van der Waals surface area contributed by atoms with E-state index in [0.717, 1.165) is 0 Å². The number of nitrogens with zero attached hydrogens (tertiary/aromatic N) is 1. The topological polar surface area (TPSA) is 85.4 Å². The summed E-state index contributed by atoms with van der Waals surface area (Å²) >= 11 is 0. The highest BCUT2D eigenvalue weighted by Crippen LogP contribution is 2.12. The summed E-state index contributed by atoms with van der Waals surface area (Å²) in [7, 11) is 1.51. The van der Waals surface area contributed by atoms with E-state index in [2.05, 4.69) is 4.98 Å². The van der Waals surface area contributed by atoms with Crippen LogP contribution < -0.4 is 10.5 Å². The summed E-state index contributed by atoms with van der Waals surface area (Å²) in [6, 6.07) is 2.06. The first-order valence-corrected chi connectivity index (χ1v) is 3.63. The maximum Gasteiger partial charge on any atom is 0.326 e. The Balaban J connectivity index is 2.85. The number of aromatic nitrogens is 1. The fourth-order valence-corrected chi connectivity index (χ4v) is 0.823. The number of aliphatic carboxylic acids is 1. The first-order valence-electron chi connectivity index (χ1n) is 3.63. The van der Waals surface area contributed by atoms with Gasteiger partial charge < -0.3 is 15.6 Å². The highest BCUT2D eigenvalue weighted by atomic mass is 16.5. The molecule has 0 fully saturated rings.